The van der Waals surface area contributed by atoms with Crippen molar-refractivity contribution in [2.45, 2.75) is 91.5 Å². The second kappa shape index (κ2) is 11.4. The number of carbonyl (C=O) groups is 2. The molecule has 0 aromatic carbocycles. The first-order valence-electron chi connectivity index (χ1n) is 11.6. The van der Waals surface area contributed by atoms with Gasteiger partial charge in [0, 0.05) is 12.3 Å². The molecule has 31 heavy (non-hydrogen) atoms. The summed E-state index contributed by atoms with van der Waals surface area (Å²) in [6.07, 6.45) is 9.61. The molecule has 0 aromatic heterocycles. The number of fused-ring (bicyclic) bond motifs is 1. The molecule has 3 aliphatic rings. The molecule has 1 N–H and O–H groups in total. The number of carbonyl (C=O) groups excluding carboxylic acids is 2. The van der Waals surface area contributed by atoms with E-state index in [0.29, 0.717) is 24.2 Å². The summed E-state index contributed by atoms with van der Waals surface area (Å²) >= 11 is 0. The monoisotopic (exact) mass is 458 g/mol. The van der Waals surface area contributed by atoms with Crippen LogP contribution in [0, 0.1) is 29.1 Å². The molecule has 0 spiro atoms. The van der Waals surface area contributed by atoms with E-state index in [0.717, 1.165) is 25.7 Å². The van der Waals surface area contributed by atoms with E-state index in [9.17, 15) is 14.7 Å². The third kappa shape index (κ3) is 6.76. The number of allylic oxidation sites excluding steroid dienone is 3. The van der Waals surface area contributed by atoms with E-state index < -0.39 is 11.5 Å². The Balaban J connectivity index is 0.00000341. The van der Waals surface area contributed by atoms with Crippen molar-refractivity contribution < 1.29 is 24.2 Å². The number of hydrogen-bond donors (Lipinski definition) is 1. The van der Waals surface area contributed by atoms with E-state index in [1.807, 2.05) is 20.8 Å². The molecule has 0 bridgehead atoms. The SMILES string of the molecule is CCC(C)(C)C(=O)O[C@H]1C[C@@H](C)C=C2C=C[C@H](C)[C@H](CC[C@@H]3C[C@@H](O)CC(=O)O3)[C@H]21.[KH]. The van der Waals surface area contributed by atoms with Gasteiger partial charge in [-0.15, -0.1) is 0 Å². The number of esters is 2. The Kier molecular flexibility index (Phi) is 10.1. The topological polar surface area (TPSA) is 72.8 Å². The molecule has 1 saturated heterocycles. The summed E-state index contributed by atoms with van der Waals surface area (Å²) in [5.41, 5.74) is 0.785. The van der Waals surface area contributed by atoms with Crippen LogP contribution in [0.2, 0.25) is 0 Å². The molecular weight excluding hydrogens is 419 g/mol. The number of rotatable bonds is 6. The van der Waals surface area contributed by atoms with Gasteiger partial charge in [0.15, 0.2) is 0 Å². The standard InChI is InChI=1S/C25H38O5.K.H/c1-6-25(4,5)24(28)30-21-12-15(2)11-17-8-7-16(3)20(23(17)21)10-9-19-13-18(26)14-22(27)29-19;;/h7-8,11,15-16,18-21,23,26H,6,9-10,12-14H2,1-5H3;;/t15-,16-,18+,19+,20-,21-,23-;;/m0../s1. The fourth-order valence-corrected chi connectivity index (χ4v) is 5.08. The Morgan fingerprint density at radius 3 is 2.61 bits per heavy atom. The van der Waals surface area contributed by atoms with Gasteiger partial charge in [0.2, 0.25) is 0 Å². The average molecular weight is 459 g/mol. The van der Waals surface area contributed by atoms with Crippen molar-refractivity contribution in [2.24, 2.45) is 29.1 Å². The number of aliphatic hydroxyl groups excluding tert-OH is 1. The maximum atomic E-state index is 12.9. The summed E-state index contributed by atoms with van der Waals surface area (Å²) in [6.45, 7) is 10.3. The third-order valence-electron chi connectivity index (χ3n) is 7.35. The Morgan fingerprint density at radius 2 is 1.97 bits per heavy atom. The zero-order valence-corrected chi connectivity index (χ0v) is 19.1. The van der Waals surface area contributed by atoms with Gasteiger partial charge < -0.3 is 14.6 Å². The second-order valence-electron chi connectivity index (χ2n) is 10.3. The first-order chi connectivity index (χ1) is 14.1. The van der Waals surface area contributed by atoms with Crippen molar-refractivity contribution in [2.75, 3.05) is 0 Å². The molecule has 0 radical (unpaired) electrons. The van der Waals surface area contributed by atoms with Gasteiger partial charge in [-0.25, -0.2) is 0 Å². The molecule has 170 valence electrons. The molecule has 3 rings (SSSR count). The summed E-state index contributed by atoms with van der Waals surface area (Å²) in [5, 5.41) is 9.92. The van der Waals surface area contributed by atoms with Crippen molar-refractivity contribution in [3.8, 4) is 0 Å². The summed E-state index contributed by atoms with van der Waals surface area (Å²) in [5.74, 6) is 0.776. The normalized spacial score (nSPS) is 35.4. The van der Waals surface area contributed by atoms with Crippen LogP contribution in [0.25, 0.3) is 0 Å². The Labute approximate surface area is 229 Å². The summed E-state index contributed by atoms with van der Waals surface area (Å²) in [4.78, 5) is 24.6. The van der Waals surface area contributed by atoms with E-state index in [-0.39, 0.29) is 87.9 Å². The maximum absolute atomic E-state index is 12.9. The first-order valence-corrected chi connectivity index (χ1v) is 11.6. The number of cyclic esters (lactones) is 1. The van der Waals surface area contributed by atoms with E-state index in [1.165, 1.54) is 5.57 Å². The molecule has 0 amide bonds. The Morgan fingerprint density at radius 1 is 1.26 bits per heavy atom. The first kappa shape index (κ1) is 27.3. The van der Waals surface area contributed by atoms with E-state index in [4.69, 9.17) is 9.47 Å². The van der Waals surface area contributed by atoms with Crippen LogP contribution in [0.15, 0.2) is 23.8 Å². The van der Waals surface area contributed by atoms with Crippen LogP contribution in [0.1, 0.15) is 73.1 Å². The van der Waals surface area contributed by atoms with Crippen molar-refractivity contribution in [3.63, 3.8) is 0 Å². The summed E-state index contributed by atoms with van der Waals surface area (Å²) < 4.78 is 11.6. The third-order valence-corrected chi connectivity index (χ3v) is 7.35. The van der Waals surface area contributed by atoms with Crippen molar-refractivity contribution in [1.82, 2.24) is 0 Å². The second-order valence-corrected chi connectivity index (χ2v) is 10.3. The number of aliphatic hydroxyl groups is 1. The van der Waals surface area contributed by atoms with Gasteiger partial charge in [0.25, 0.3) is 0 Å². The fourth-order valence-electron chi connectivity index (χ4n) is 5.08. The van der Waals surface area contributed by atoms with Gasteiger partial charge in [0.05, 0.1) is 17.9 Å². The Hall–Kier alpha value is 0.0164. The van der Waals surface area contributed by atoms with E-state index in [2.05, 4.69) is 32.1 Å². The van der Waals surface area contributed by atoms with E-state index in [1.54, 1.807) is 0 Å². The van der Waals surface area contributed by atoms with Crippen molar-refractivity contribution >= 4 is 63.3 Å². The zero-order chi connectivity index (χ0) is 22.1. The van der Waals surface area contributed by atoms with Gasteiger partial charge in [0.1, 0.15) is 12.2 Å². The van der Waals surface area contributed by atoms with Crippen LogP contribution in [-0.4, -0.2) is 86.7 Å². The molecule has 0 saturated carbocycles. The van der Waals surface area contributed by atoms with Crippen molar-refractivity contribution in [1.29, 1.82) is 0 Å². The van der Waals surface area contributed by atoms with Gasteiger partial charge in [-0.3, -0.25) is 9.59 Å². The minimum absolute atomic E-state index is 0. The molecule has 1 aliphatic heterocycles. The average Bonchev–Trinajstić information content (AvgIpc) is 2.66. The molecular formula is C25H39KO5. The van der Waals surface area contributed by atoms with Crippen LogP contribution in [0.3, 0.4) is 0 Å². The molecule has 1 fully saturated rings. The molecule has 0 unspecified atom stereocenters. The van der Waals surface area contributed by atoms with Crippen LogP contribution < -0.4 is 0 Å². The summed E-state index contributed by atoms with van der Waals surface area (Å²) in [6, 6.07) is 0. The quantitative estimate of drug-likeness (QED) is 0.482. The zero-order valence-electron chi connectivity index (χ0n) is 19.1. The fraction of sp³-hybridized carbons (Fsp3) is 0.760. The summed E-state index contributed by atoms with van der Waals surface area (Å²) in [7, 11) is 0. The van der Waals surface area contributed by atoms with Crippen LogP contribution in [-0.2, 0) is 19.1 Å². The predicted octanol–water partition coefficient (Wildman–Crippen LogP) is 3.94. The molecule has 0 aromatic rings. The van der Waals surface area contributed by atoms with E-state index >= 15 is 0 Å². The van der Waals surface area contributed by atoms with Gasteiger partial charge in [-0.2, -0.15) is 0 Å². The molecule has 7 atom stereocenters. The molecule has 2 aliphatic carbocycles. The minimum atomic E-state index is -0.601. The van der Waals surface area contributed by atoms with Gasteiger partial charge in [-0.05, 0) is 62.9 Å². The number of ether oxygens (including phenoxy) is 2. The van der Waals surface area contributed by atoms with Crippen LogP contribution in [0.4, 0.5) is 0 Å². The molecule has 1 heterocycles. The molecule has 5 nitrogen and oxygen atoms in total. The molecule has 6 heteroatoms. The predicted molar refractivity (Wildman–Crippen MR) is 123 cm³/mol. The number of hydrogen-bond acceptors (Lipinski definition) is 5. The van der Waals surface area contributed by atoms with Crippen molar-refractivity contribution in [3.05, 3.63) is 23.8 Å². The van der Waals surface area contributed by atoms with Crippen LogP contribution >= 0.6 is 0 Å². The van der Waals surface area contributed by atoms with Gasteiger partial charge >= 0.3 is 63.3 Å². The van der Waals surface area contributed by atoms with Crippen LogP contribution in [0.5, 0.6) is 0 Å². The van der Waals surface area contributed by atoms with Gasteiger partial charge in [-0.1, -0.05) is 39.0 Å². The Bertz CT molecular complexity index is 713.